The van der Waals surface area contributed by atoms with Crippen LogP contribution in [0, 0.1) is 5.92 Å². The first-order valence-electron chi connectivity index (χ1n) is 8.04. The number of nitrogens with zero attached hydrogens (tertiary/aromatic N) is 1. The Hall–Kier alpha value is -0.0800. The molecule has 0 aliphatic carbocycles. The van der Waals surface area contributed by atoms with Crippen molar-refractivity contribution in [2.75, 3.05) is 26.2 Å². The second-order valence-corrected chi connectivity index (χ2v) is 6.59. The summed E-state index contributed by atoms with van der Waals surface area (Å²) in [5.41, 5.74) is 0.302. The van der Waals surface area contributed by atoms with E-state index in [1.165, 1.54) is 58.2 Å². The molecule has 1 unspecified atom stereocenters. The van der Waals surface area contributed by atoms with Crippen LogP contribution in [0.15, 0.2) is 0 Å². The molecule has 0 aromatic carbocycles. The Morgan fingerprint density at radius 1 is 1.17 bits per heavy atom. The predicted molar refractivity (Wildman–Crippen MR) is 81.1 cm³/mol. The Morgan fingerprint density at radius 2 is 1.94 bits per heavy atom. The average Bonchev–Trinajstić information content (AvgIpc) is 2.56. The molecule has 2 heteroatoms. The Labute approximate surface area is 115 Å². The second kappa shape index (κ2) is 8.16. The maximum Gasteiger partial charge on any atom is 0.0123 e. The van der Waals surface area contributed by atoms with Crippen molar-refractivity contribution < 1.29 is 0 Å². The maximum absolute atomic E-state index is 3.67. The van der Waals surface area contributed by atoms with E-state index >= 15 is 0 Å². The van der Waals surface area contributed by atoms with Gasteiger partial charge in [-0.15, -0.1) is 0 Å². The van der Waals surface area contributed by atoms with Crippen LogP contribution in [-0.2, 0) is 0 Å². The summed E-state index contributed by atoms with van der Waals surface area (Å²) < 4.78 is 0. The summed E-state index contributed by atoms with van der Waals surface area (Å²) in [6, 6.07) is 0. The molecule has 1 aliphatic heterocycles. The Kier molecular flexibility index (Phi) is 7.25. The van der Waals surface area contributed by atoms with E-state index in [1.54, 1.807) is 0 Å². The lowest BCUT2D eigenvalue weighted by atomic mass is 9.96. The fraction of sp³-hybridized carbons (Fsp3) is 1.00. The van der Waals surface area contributed by atoms with Crippen molar-refractivity contribution in [1.82, 2.24) is 10.2 Å². The third-order valence-electron chi connectivity index (χ3n) is 4.55. The highest BCUT2D eigenvalue weighted by atomic mass is 15.1. The van der Waals surface area contributed by atoms with Gasteiger partial charge in [-0.05, 0) is 58.5 Å². The molecule has 1 saturated heterocycles. The molecule has 1 rings (SSSR count). The van der Waals surface area contributed by atoms with Crippen LogP contribution < -0.4 is 5.32 Å². The predicted octanol–water partition coefficient (Wildman–Crippen LogP) is 3.67. The lowest BCUT2D eigenvalue weighted by molar-refractivity contribution is 0.260. The summed E-state index contributed by atoms with van der Waals surface area (Å²) in [7, 11) is 0. The molecular weight excluding hydrogens is 220 g/mol. The van der Waals surface area contributed by atoms with Gasteiger partial charge in [0.05, 0.1) is 0 Å². The normalized spacial score (nSPS) is 23.0. The van der Waals surface area contributed by atoms with E-state index in [0.29, 0.717) is 5.54 Å². The molecule has 2 nitrogen and oxygen atoms in total. The summed E-state index contributed by atoms with van der Waals surface area (Å²) >= 11 is 0. The van der Waals surface area contributed by atoms with Crippen molar-refractivity contribution in [1.29, 1.82) is 0 Å². The summed E-state index contributed by atoms with van der Waals surface area (Å²) in [5.74, 6) is 1.00. The van der Waals surface area contributed by atoms with E-state index in [0.717, 1.165) is 12.5 Å². The van der Waals surface area contributed by atoms with E-state index < -0.39 is 0 Å². The molecule has 0 saturated carbocycles. The second-order valence-electron chi connectivity index (χ2n) is 6.59. The molecule has 0 aromatic rings. The molecule has 1 heterocycles. The molecule has 18 heavy (non-hydrogen) atoms. The standard InChI is InChI=1S/C16H34N2/c1-5-8-15-9-7-12-18(13-10-15)14-11-17-16(3,4)6-2/h15,17H,5-14H2,1-4H3. The highest BCUT2D eigenvalue weighted by Gasteiger charge is 2.17. The van der Waals surface area contributed by atoms with E-state index in [-0.39, 0.29) is 0 Å². The smallest absolute Gasteiger partial charge is 0.0123 e. The van der Waals surface area contributed by atoms with Crippen molar-refractivity contribution in [3.05, 3.63) is 0 Å². The zero-order valence-electron chi connectivity index (χ0n) is 13.1. The van der Waals surface area contributed by atoms with Crippen LogP contribution in [0.25, 0.3) is 0 Å². The average molecular weight is 254 g/mol. The fourth-order valence-electron chi connectivity index (χ4n) is 2.82. The van der Waals surface area contributed by atoms with E-state index in [9.17, 15) is 0 Å². The van der Waals surface area contributed by atoms with Gasteiger partial charge in [-0.3, -0.25) is 0 Å². The topological polar surface area (TPSA) is 15.3 Å². The molecule has 108 valence electrons. The molecule has 1 N–H and O–H groups in total. The van der Waals surface area contributed by atoms with Crippen molar-refractivity contribution in [3.63, 3.8) is 0 Å². The van der Waals surface area contributed by atoms with Crippen LogP contribution in [0.1, 0.15) is 66.2 Å². The summed E-state index contributed by atoms with van der Waals surface area (Å²) in [6.07, 6.45) is 8.28. The van der Waals surface area contributed by atoms with Gasteiger partial charge in [0.2, 0.25) is 0 Å². The van der Waals surface area contributed by atoms with Crippen LogP contribution in [0.2, 0.25) is 0 Å². The summed E-state index contributed by atoms with van der Waals surface area (Å²) in [4.78, 5) is 2.66. The SMILES string of the molecule is CCCC1CCCN(CCNC(C)(C)CC)CC1. The number of nitrogens with one attached hydrogen (secondary N) is 1. The largest absolute Gasteiger partial charge is 0.311 e. The van der Waals surface area contributed by atoms with Gasteiger partial charge in [-0.2, -0.15) is 0 Å². The van der Waals surface area contributed by atoms with Crippen LogP contribution in [0.3, 0.4) is 0 Å². The van der Waals surface area contributed by atoms with Gasteiger partial charge in [0.25, 0.3) is 0 Å². The Morgan fingerprint density at radius 3 is 2.61 bits per heavy atom. The number of rotatable bonds is 7. The molecule has 0 bridgehead atoms. The molecule has 0 spiro atoms. The van der Waals surface area contributed by atoms with Gasteiger partial charge in [-0.1, -0.05) is 26.7 Å². The molecule has 1 aliphatic rings. The minimum atomic E-state index is 0.302. The van der Waals surface area contributed by atoms with Crippen LogP contribution in [0.5, 0.6) is 0 Å². The molecule has 0 amide bonds. The van der Waals surface area contributed by atoms with Gasteiger partial charge in [0.15, 0.2) is 0 Å². The summed E-state index contributed by atoms with van der Waals surface area (Å²) in [6.45, 7) is 14.2. The van der Waals surface area contributed by atoms with Crippen LogP contribution in [-0.4, -0.2) is 36.6 Å². The Bertz CT molecular complexity index is 213. The van der Waals surface area contributed by atoms with E-state index in [4.69, 9.17) is 0 Å². The van der Waals surface area contributed by atoms with Crippen LogP contribution in [0.4, 0.5) is 0 Å². The highest BCUT2D eigenvalue weighted by Crippen LogP contribution is 2.21. The van der Waals surface area contributed by atoms with Crippen molar-refractivity contribution >= 4 is 0 Å². The van der Waals surface area contributed by atoms with Gasteiger partial charge in [-0.25, -0.2) is 0 Å². The third-order valence-corrected chi connectivity index (χ3v) is 4.55. The van der Waals surface area contributed by atoms with Gasteiger partial charge < -0.3 is 10.2 Å². The third kappa shape index (κ3) is 6.19. The van der Waals surface area contributed by atoms with Crippen molar-refractivity contribution in [3.8, 4) is 0 Å². The zero-order valence-corrected chi connectivity index (χ0v) is 13.1. The molecule has 1 atom stereocenters. The molecular formula is C16H34N2. The molecule has 0 aromatic heterocycles. The van der Waals surface area contributed by atoms with Crippen LogP contribution >= 0.6 is 0 Å². The minimum absolute atomic E-state index is 0.302. The first-order chi connectivity index (χ1) is 8.57. The molecule has 1 fully saturated rings. The monoisotopic (exact) mass is 254 g/mol. The van der Waals surface area contributed by atoms with Gasteiger partial charge in [0.1, 0.15) is 0 Å². The first kappa shape index (κ1) is 16.0. The zero-order chi connectivity index (χ0) is 13.4. The number of hydrogen-bond donors (Lipinski definition) is 1. The first-order valence-corrected chi connectivity index (χ1v) is 8.04. The van der Waals surface area contributed by atoms with Crippen molar-refractivity contribution in [2.45, 2.75) is 71.8 Å². The summed E-state index contributed by atoms with van der Waals surface area (Å²) in [5, 5.41) is 3.67. The fourth-order valence-corrected chi connectivity index (χ4v) is 2.82. The Balaban J connectivity index is 2.19. The van der Waals surface area contributed by atoms with E-state index in [1.807, 2.05) is 0 Å². The number of hydrogen-bond acceptors (Lipinski definition) is 2. The van der Waals surface area contributed by atoms with E-state index in [2.05, 4.69) is 37.9 Å². The van der Waals surface area contributed by atoms with Crippen molar-refractivity contribution in [2.24, 2.45) is 5.92 Å². The lowest BCUT2D eigenvalue weighted by Crippen LogP contribution is -2.43. The molecule has 0 radical (unpaired) electrons. The number of likely N-dealkylation sites (tertiary alicyclic amines) is 1. The van der Waals surface area contributed by atoms with Gasteiger partial charge >= 0.3 is 0 Å². The van der Waals surface area contributed by atoms with Gasteiger partial charge in [0, 0.05) is 18.6 Å². The maximum atomic E-state index is 3.67. The minimum Gasteiger partial charge on any atom is -0.311 e. The lowest BCUT2D eigenvalue weighted by Gasteiger charge is -2.27. The quantitative estimate of drug-likeness (QED) is 0.746. The highest BCUT2D eigenvalue weighted by molar-refractivity contribution is 4.77.